The molecule has 304 valence electrons. The van der Waals surface area contributed by atoms with Gasteiger partial charge in [-0.3, -0.25) is 48.5 Å². The van der Waals surface area contributed by atoms with Crippen molar-refractivity contribution in [1.82, 2.24) is 35.6 Å². The van der Waals surface area contributed by atoms with E-state index in [1.54, 1.807) is 25.1 Å². The Morgan fingerprint density at radius 1 is 0.611 bits per heavy atom. The molecule has 3 amide bonds. The first-order chi connectivity index (χ1) is 25.6. The van der Waals surface area contributed by atoms with E-state index in [1.165, 1.54) is 14.7 Å². The second kappa shape index (κ2) is 23.4. The summed E-state index contributed by atoms with van der Waals surface area (Å²) in [6, 6.07) is 0.282. The summed E-state index contributed by atoms with van der Waals surface area (Å²) in [6.45, 7) is -1.55. The highest BCUT2D eigenvalue weighted by Crippen LogP contribution is 2.18. The zero-order chi connectivity index (χ0) is 40.4. The van der Waals surface area contributed by atoms with Crippen LogP contribution in [0, 0.1) is 0 Å². The first-order valence-electron chi connectivity index (χ1n) is 17.5. The Morgan fingerprint density at radius 2 is 0.944 bits per heavy atom. The number of fused-ring (bicyclic) bond motifs is 2. The molecule has 2 rings (SSSR count). The van der Waals surface area contributed by atoms with Gasteiger partial charge in [0.15, 0.2) is 0 Å². The predicted octanol–water partition coefficient (Wildman–Crippen LogP) is -4.64. The van der Waals surface area contributed by atoms with E-state index in [0.717, 1.165) is 0 Å². The lowest BCUT2D eigenvalue weighted by Crippen LogP contribution is -2.54. The average Bonchev–Trinajstić information content (AvgIpc) is 3.13. The standard InChI is InChI=1S/C33H53N7O14/c1-2-22(43)13-34-29(47)11-26(32(51)52)39-8-6-38(25(31(49)50)10-28(46)35-14-23(44)18-41)7-9-40(17-21-5-3-4-20(16-39)37-21)27(33(53)54)12-30(48)36-15-24(45)19-42/h3-5,22-27,41-45H,2,6-19H2,1H3,(H,34,47)(H,35,46)(H,36,48)(H,49,50)(H,51,52)(H,53,54). The van der Waals surface area contributed by atoms with Gasteiger partial charge in [-0.25, -0.2) is 0 Å². The van der Waals surface area contributed by atoms with Crippen LogP contribution in [0.2, 0.25) is 0 Å². The Morgan fingerprint density at radius 3 is 1.28 bits per heavy atom. The smallest absolute Gasteiger partial charge is 0.321 e. The number of aliphatic hydroxyl groups is 5. The molecule has 1 aliphatic rings. The van der Waals surface area contributed by atoms with Gasteiger partial charge >= 0.3 is 17.9 Å². The van der Waals surface area contributed by atoms with E-state index in [1.807, 2.05) is 0 Å². The van der Waals surface area contributed by atoms with E-state index in [0.29, 0.717) is 17.8 Å². The van der Waals surface area contributed by atoms with Crippen LogP contribution in [-0.4, -0.2) is 192 Å². The van der Waals surface area contributed by atoms with Gasteiger partial charge in [0, 0.05) is 58.9 Å². The SMILES string of the molecule is CCC(O)CNC(=O)CC(C(=O)O)N1CCN(C(CC(=O)NCC(O)CO)C(=O)O)CCN(C(CC(=O)NCC(O)CO)C(=O)O)Cc2cccc(n2)C1. The van der Waals surface area contributed by atoms with Crippen LogP contribution in [0.15, 0.2) is 18.2 Å². The largest absolute Gasteiger partial charge is 0.480 e. The minimum atomic E-state index is -1.56. The third kappa shape index (κ3) is 15.9. The molecule has 21 nitrogen and oxygen atoms in total. The number of aliphatic hydroxyl groups excluding tert-OH is 5. The number of nitrogens with zero attached hydrogens (tertiary/aromatic N) is 4. The fourth-order valence-corrected chi connectivity index (χ4v) is 5.58. The van der Waals surface area contributed by atoms with Gasteiger partial charge in [-0.05, 0) is 18.6 Å². The molecule has 0 fully saturated rings. The van der Waals surface area contributed by atoms with Crippen molar-refractivity contribution in [3.63, 3.8) is 0 Å². The maximum atomic E-state index is 12.8. The Hall–Kier alpha value is -4.35. The van der Waals surface area contributed by atoms with Crippen LogP contribution < -0.4 is 16.0 Å². The molecule has 6 unspecified atom stereocenters. The summed E-state index contributed by atoms with van der Waals surface area (Å²) >= 11 is 0. The monoisotopic (exact) mass is 771 g/mol. The Kier molecular flexibility index (Phi) is 19.9. The molecule has 11 N–H and O–H groups in total. The van der Waals surface area contributed by atoms with Gasteiger partial charge in [-0.1, -0.05) is 13.0 Å². The van der Waals surface area contributed by atoms with E-state index in [9.17, 15) is 59.4 Å². The number of amides is 3. The summed E-state index contributed by atoms with van der Waals surface area (Å²) in [7, 11) is 0. The van der Waals surface area contributed by atoms with Crippen LogP contribution in [0.1, 0.15) is 44.0 Å². The topological polar surface area (TPSA) is 323 Å². The van der Waals surface area contributed by atoms with Crippen molar-refractivity contribution in [1.29, 1.82) is 0 Å². The number of carboxylic acids is 3. The first kappa shape index (κ1) is 45.8. The van der Waals surface area contributed by atoms with Crippen molar-refractivity contribution in [3.05, 3.63) is 29.6 Å². The number of aromatic nitrogens is 1. The van der Waals surface area contributed by atoms with E-state index in [4.69, 9.17) is 10.2 Å². The summed E-state index contributed by atoms with van der Waals surface area (Å²) in [5.41, 5.74) is 0.642. The zero-order valence-corrected chi connectivity index (χ0v) is 30.1. The Bertz CT molecular complexity index is 1330. The number of pyridine rings is 1. The summed E-state index contributed by atoms with van der Waals surface area (Å²) in [5.74, 6) is -6.44. The molecule has 0 aromatic carbocycles. The lowest BCUT2D eigenvalue weighted by molar-refractivity contribution is -0.149. The summed E-state index contributed by atoms with van der Waals surface area (Å²) in [5, 5.41) is 85.3. The van der Waals surface area contributed by atoms with Crippen molar-refractivity contribution in [2.75, 3.05) is 59.0 Å². The lowest BCUT2D eigenvalue weighted by Gasteiger charge is -2.36. The van der Waals surface area contributed by atoms with Crippen molar-refractivity contribution in [2.24, 2.45) is 0 Å². The second-order valence-corrected chi connectivity index (χ2v) is 12.9. The second-order valence-electron chi connectivity index (χ2n) is 12.9. The number of carboxylic acid groups (broad SMARTS) is 3. The molecule has 2 bridgehead atoms. The van der Waals surface area contributed by atoms with Gasteiger partial charge in [-0.15, -0.1) is 0 Å². The molecule has 2 heterocycles. The fourth-order valence-electron chi connectivity index (χ4n) is 5.58. The molecule has 0 radical (unpaired) electrons. The van der Waals surface area contributed by atoms with Crippen molar-refractivity contribution >= 4 is 35.6 Å². The molecular weight excluding hydrogens is 718 g/mol. The van der Waals surface area contributed by atoms with Crippen molar-refractivity contribution in [3.8, 4) is 0 Å². The highest BCUT2D eigenvalue weighted by atomic mass is 16.4. The van der Waals surface area contributed by atoms with E-state index in [2.05, 4.69) is 20.9 Å². The summed E-state index contributed by atoms with van der Waals surface area (Å²) < 4.78 is 0. The summed E-state index contributed by atoms with van der Waals surface area (Å²) in [6.07, 6.45) is -4.86. The van der Waals surface area contributed by atoms with Gasteiger partial charge in [0.2, 0.25) is 17.7 Å². The van der Waals surface area contributed by atoms with Gasteiger partial charge in [-0.2, -0.15) is 0 Å². The Labute approximate surface area is 311 Å². The van der Waals surface area contributed by atoms with Crippen LogP contribution in [0.4, 0.5) is 0 Å². The van der Waals surface area contributed by atoms with Crippen molar-refractivity contribution < 1.29 is 69.6 Å². The minimum absolute atomic E-state index is 0.100. The maximum Gasteiger partial charge on any atom is 0.321 e. The molecular formula is C33H53N7O14. The van der Waals surface area contributed by atoms with Gasteiger partial charge in [0.05, 0.1) is 62.2 Å². The van der Waals surface area contributed by atoms with E-state index >= 15 is 0 Å². The van der Waals surface area contributed by atoms with Crippen LogP contribution in [0.25, 0.3) is 0 Å². The highest BCUT2D eigenvalue weighted by molar-refractivity contribution is 5.85. The molecule has 1 aliphatic heterocycles. The van der Waals surface area contributed by atoms with Gasteiger partial charge < -0.3 is 56.8 Å². The first-order valence-corrected chi connectivity index (χ1v) is 17.5. The molecule has 0 aliphatic carbocycles. The van der Waals surface area contributed by atoms with Crippen LogP contribution in [0.5, 0.6) is 0 Å². The number of hydrogen-bond donors (Lipinski definition) is 11. The molecule has 0 spiro atoms. The van der Waals surface area contributed by atoms with E-state index in [-0.39, 0.29) is 58.9 Å². The number of aliphatic carboxylic acids is 3. The molecule has 6 atom stereocenters. The molecule has 1 aromatic rings. The quantitative estimate of drug-likeness (QED) is 0.0560. The van der Waals surface area contributed by atoms with Gasteiger partial charge in [0.1, 0.15) is 18.1 Å². The number of hydrogen-bond acceptors (Lipinski definition) is 15. The number of carbonyl (C=O) groups excluding carboxylic acids is 3. The number of carbonyl (C=O) groups is 6. The molecule has 0 saturated heterocycles. The van der Waals surface area contributed by atoms with Gasteiger partial charge in [0.25, 0.3) is 0 Å². The van der Waals surface area contributed by atoms with Crippen LogP contribution in [0.3, 0.4) is 0 Å². The minimum Gasteiger partial charge on any atom is -0.480 e. The highest BCUT2D eigenvalue weighted by Gasteiger charge is 2.35. The molecule has 54 heavy (non-hydrogen) atoms. The predicted molar refractivity (Wildman–Crippen MR) is 186 cm³/mol. The zero-order valence-electron chi connectivity index (χ0n) is 30.1. The van der Waals surface area contributed by atoms with Crippen LogP contribution in [-0.2, 0) is 41.9 Å². The summed E-state index contributed by atoms with van der Waals surface area (Å²) in [4.78, 5) is 85.0. The maximum absolute atomic E-state index is 12.8. The number of nitrogens with one attached hydrogen (secondary N) is 3. The van der Waals surface area contributed by atoms with E-state index < -0.39 is 105 Å². The normalized spacial score (nSPS) is 18.0. The molecule has 21 heteroatoms. The lowest BCUT2D eigenvalue weighted by atomic mass is 10.1. The molecule has 0 saturated carbocycles. The van der Waals surface area contributed by atoms with Crippen LogP contribution >= 0.6 is 0 Å². The Balaban J connectivity index is 2.56. The third-order valence-corrected chi connectivity index (χ3v) is 8.75. The average molecular weight is 772 g/mol. The number of rotatable bonds is 21. The molecule has 1 aromatic heterocycles. The fraction of sp³-hybridized carbons (Fsp3) is 0.667. The van der Waals surface area contributed by atoms with Crippen molar-refractivity contribution in [2.45, 2.75) is 82.1 Å². The third-order valence-electron chi connectivity index (χ3n) is 8.75.